The normalized spacial score (nSPS) is 11.3. The molecule has 0 aliphatic rings. The van der Waals surface area contributed by atoms with E-state index in [9.17, 15) is 0 Å². The number of nitrogens with one attached hydrogen (secondary N) is 1. The predicted octanol–water partition coefficient (Wildman–Crippen LogP) is 20.7. The highest BCUT2D eigenvalue weighted by Crippen LogP contribution is 2.38. The van der Waals surface area contributed by atoms with Gasteiger partial charge in [-0.15, -0.1) is 0 Å². The first-order valence-electron chi connectivity index (χ1n) is 30.8. The van der Waals surface area contributed by atoms with Crippen molar-refractivity contribution in [1.29, 1.82) is 0 Å². The van der Waals surface area contributed by atoms with Gasteiger partial charge in [-0.05, 0) is 97.1 Å². The van der Waals surface area contributed by atoms with E-state index in [0.717, 1.165) is 55.8 Å². The van der Waals surface area contributed by atoms with Gasteiger partial charge in [0.05, 0.1) is 22.1 Å². The van der Waals surface area contributed by atoms with E-state index >= 15 is 0 Å². The number of rotatable bonds is 9. The molecule has 10 nitrogen and oxygen atoms in total. The van der Waals surface area contributed by atoms with E-state index in [1.54, 1.807) is 0 Å². The van der Waals surface area contributed by atoms with E-state index in [2.05, 4.69) is 210 Å². The molecule has 12 aromatic carbocycles. The SMILES string of the molecule is Clc1cccc(-c2nc(-c3ccccc3)nc(-c3ccccc3)n2)c1.c1ccc(-c2nc(-c3ccccc3)nc(-c3cccc(-n4c5ccccc5c5cc6c(ccn6-c6ccccc6)cc54)c3)n2)cc1.c1ccc(-n2ccc3cc4[nH]c5ccccc5c4cc32)cc1. The van der Waals surface area contributed by atoms with Crippen LogP contribution in [0, 0.1) is 0 Å². The number of nitrogens with zero attached hydrogens (tertiary/aromatic N) is 9. The molecule has 93 heavy (non-hydrogen) atoms. The van der Waals surface area contributed by atoms with Gasteiger partial charge in [0.15, 0.2) is 34.9 Å². The van der Waals surface area contributed by atoms with E-state index in [1.807, 2.05) is 152 Å². The Morgan fingerprint density at radius 3 is 1.14 bits per heavy atom. The molecule has 6 aromatic heterocycles. The maximum absolute atomic E-state index is 6.14. The zero-order chi connectivity index (χ0) is 62.0. The summed E-state index contributed by atoms with van der Waals surface area (Å²) in [5.41, 5.74) is 16.1. The molecule has 0 radical (unpaired) electrons. The van der Waals surface area contributed by atoms with Crippen molar-refractivity contribution in [3.8, 4) is 85.4 Å². The van der Waals surface area contributed by atoms with Gasteiger partial charge in [0.25, 0.3) is 0 Å². The maximum Gasteiger partial charge on any atom is 0.164 e. The fourth-order valence-corrected chi connectivity index (χ4v) is 12.5. The molecule has 0 bridgehead atoms. The van der Waals surface area contributed by atoms with Gasteiger partial charge in [-0.2, -0.15) is 0 Å². The summed E-state index contributed by atoms with van der Waals surface area (Å²) >= 11 is 6.14. The number of halogens is 1. The summed E-state index contributed by atoms with van der Waals surface area (Å²) in [6.45, 7) is 0. The Morgan fingerprint density at radius 1 is 0.247 bits per heavy atom. The van der Waals surface area contributed by atoms with E-state index in [1.165, 1.54) is 60.1 Å². The van der Waals surface area contributed by atoms with Crippen LogP contribution < -0.4 is 0 Å². The lowest BCUT2D eigenvalue weighted by molar-refractivity contribution is 1.07. The second kappa shape index (κ2) is 24.5. The number of aromatic nitrogens is 10. The smallest absolute Gasteiger partial charge is 0.164 e. The van der Waals surface area contributed by atoms with Crippen LogP contribution in [0.5, 0.6) is 0 Å². The fraction of sp³-hybridized carbons (Fsp3) is 0. The van der Waals surface area contributed by atoms with Gasteiger partial charge >= 0.3 is 0 Å². The number of aromatic amines is 1. The Hall–Kier alpha value is -12.4. The van der Waals surface area contributed by atoms with E-state index in [4.69, 9.17) is 26.6 Å². The topological polar surface area (TPSA) is 108 Å². The lowest BCUT2D eigenvalue weighted by Gasteiger charge is -2.12. The van der Waals surface area contributed by atoms with E-state index in [-0.39, 0.29) is 0 Å². The summed E-state index contributed by atoms with van der Waals surface area (Å²) in [6.07, 6.45) is 4.29. The number of fused-ring (bicyclic) bond motifs is 8. The van der Waals surface area contributed by atoms with Gasteiger partial charge in [-0.3, -0.25) is 0 Å². The van der Waals surface area contributed by atoms with Crippen molar-refractivity contribution in [1.82, 2.24) is 48.6 Å². The molecule has 18 aromatic rings. The molecule has 0 aliphatic carbocycles. The third-order valence-electron chi connectivity index (χ3n) is 16.7. The standard InChI is InChI=1S/C41H27N5.C21H14ClN3.C20H14N2/c1-4-13-28(14-5-1)39-42-40(29-15-6-2-7-16-29)44-41(43-39)31-17-12-20-33(25-31)46-36-22-11-10-21-34(36)35-27-37-30(26-38(35)46)23-24-45(37)32-18-8-3-9-19-32;22-18-13-7-12-17(14-18)21-24-19(15-8-3-1-4-9-15)23-20(25-21)16-10-5-2-6-11-16;1-2-6-15(7-3-1)22-11-10-14-12-19-17(13-20(14)22)16-8-4-5-9-18(16)21-19/h1-27H;1-14H;1-13,21H. The van der Waals surface area contributed by atoms with Crippen LogP contribution >= 0.6 is 11.6 Å². The van der Waals surface area contributed by atoms with Crippen molar-refractivity contribution >= 4 is 77.0 Å². The molecule has 11 heteroatoms. The zero-order valence-electron chi connectivity index (χ0n) is 50.1. The van der Waals surface area contributed by atoms with E-state index in [0.29, 0.717) is 40.0 Å². The molecule has 0 saturated heterocycles. The summed E-state index contributed by atoms with van der Waals surface area (Å²) in [6, 6.07) is 108. The second-order valence-corrected chi connectivity index (χ2v) is 23.0. The molecule has 0 spiro atoms. The minimum absolute atomic E-state index is 0.607. The first-order chi connectivity index (χ1) is 46.0. The van der Waals surface area contributed by atoms with Gasteiger partial charge in [0.1, 0.15) is 0 Å². The number of para-hydroxylation sites is 4. The first kappa shape index (κ1) is 55.9. The van der Waals surface area contributed by atoms with Gasteiger partial charge < -0.3 is 18.7 Å². The Balaban J connectivity index is 0.000000122. The number of hydrogen-bond donors (Lipinski definition) is 1. The maximum atomic E-state index is 6.14. The number of benzene rings is 12. The Bertz CT molecular complexity index is 5580. The van der Waals surface area contributed by atoms with Gasteiger partial charge in [0, 0.05) is 111 Å². The zero-order valence-corrected chi connectivity index (χ0v) is 50.8. The van der Waals surface area contributed by atoms with Crippen molar-refractivity contribution in [2.24, 2.45) is 0 Å². The Labute approximate surface area is 540 Å². The average molecular weight is 1220 g/mol. The van der Waals surface area contributed by atoms with Crippen molar-refractivity contribution in [2.75, 3.05) is 0 Å². The highest BCUT2D eigenvalue weighted by molar-refractivity contribution is 6.30. The third-order valence-corrected chi connectivity index (χ3v) is 16.9. The largest absolute Gasteiger partial charge is 0.354 e. The van der Waals surface area contributed by atoms with Crippen molar-refractivity contribution in [2.45, 2.75) is 0 Å². The summed E-state index contributed by atoms with van der Waals surface area (Å²) in [5.74, 6) is 3.83. The molecule has 18 rings (SSSR count). The molecular weight excluding hydrogens is 1160 g/mol. The Kier molecular flexibility index (Phi) is 14.8. The van der Waals surface area contributed by atoms with Crippen molar-refractivity contribution < 1.29 is 0 Å². The molecule has 0 saturated carbocycles. The van der Waals surface area contributed by atoms with Gasteiger partial charge in [0.2, 0.25) is 0 Å². The first-order valence-corrected chi connectivity index (χ1v) is 31.1. The monoisotopic (exact) mass is 1210 g/mol. The average Bonchev–Trinajstić information content (AvgIpc) is 1.60. The molecular formula is C82H55ClN10. The van der Waals surface area contributed by atoms with Crippen LogP contribution in [-0.4, -0.2) is 48.6 Å². The Morgan fingerprint density at radius 2 is 0.634 bits per heavy atom. The predicted molar refractivity (Wildman–Crippen MR) is 381 cm³/mol. The molecule has 0 unspecified atom stereocenters. The quantitative estimate of drug-likeness (QED) is 0.154. The number of H-pyrrole nitrogens is 1. The molecule has 0 amide bonds. The van der Waals surface area contributed by atoms with Crippen LogP contribution in [-0.2, 0) is 0 Å². The van der Waals surface area contributed by atoms with Crippen LogP contribution in [0.15, 0.2) is 328 Å². The minimum atomic E-state index is 0.607. The highest BCUT2D eigenvalue weighted by atomic mass is 35.5. The lowest BCUT2D eigenvalue weighted by atomic mass is 10.1. The lowest BCUT2D eigenvalue weighted by Crippen LogP contribution is -2.01. The van der Waals surface area contributed by atoms with Crippen LogP contribution in [0.25, 0.3) is 151 Å². The summed E-state index contributed by atoms with van der Waals surface area (Å²) in [7, 11) is 0. The van der Waals surface area contributed by atoms with E-state index < -0.39 is 0 Å². The van der Waals surface area contributed by atoms with Crippen LogP contribution in [0.3, 0.4) is 0 Å². The van der Waals surface area contributed by atoms with Crippen LogP contribution in [0.1, 0.15) is 0 Å². The highest BCUT2D eigenvalue weighted by Gasteiger charge is 2.19. The fourth-order valence-electron chi connectivity index (χ4n) is 12.3. The summed E-state index contributed by atoms with van der Waals surface area (Å²) in [4.78, 5) is 32.3. The molecule has 1 N–H and O–H groups in total. The van der Waals surface area contributed by atoms with Crippen LogP contribution in [0.2, 0.25) is 5.02 Å². The summed E-state index contributed by atoms with van der Waals surface area (Å²) in [5, 5.41) is 8.07. The molecule has 0 aliphatic heterocycles. The molecule has 0 fully saturated rings. The molecule has 0 atom stereocenters. The van der Waals surface area contributed by atoms with Crippen molar-refractivity contribution in [3.63, 3.8) is 0 Å². The van der Waals surface area contributed by atoms with Gasteiger partial charge in [-0.25, -0.2) is 29.9 Å². The number of hydrogen-bond acceptors (Lipinski definition) is 6. The summed E-state index contributed by atoms with van der Waals surface area (Å²) < 4.78 is 6.86. The molecule has 6 heterocycles. The minimum Gasteiger partial charge on any atom is -0.354 e. The second-order valence-electron chi connectivity index (χ2n) is 22.6. The van der Waals surface area contributed by atoms with Crippen molar-refractivity contribution in [3.05, 3.63) is 333 Å². The van der Waals surface area contributed by atoms with Crippen LogP contribution in [0.4, 0.5) is 0 Å². The molecule has 440 valence electrons. The van der Waals surface area contributed by atoms with Gasteiger partial charge in [-0.1, -0.05) is 230 Å². The third kappa shape index (κ3) is 11.1.